The Kier molecular flexibility index (Phi) is 4.02. The highest BCUT2D eigenvalue weighted by atomic mass is 32.3. The molecule has 112 valence electrons. The number of rotatable bonds is 4. The lowest BCUT2D eigenvalue weighted by molar-refractivity contribution is 0.552. The van der Waals surface area contributed by atoms with E-state index in [1.165, 1.54) is 30.3 Å². The Hall–Kier alpha value is -1.93. The van der Waals surface area contributed by atoms with E-state index in [4.69, 9.17) is 0 Å². The quantitative estimate of drug-likeness (QED) is 0.874. The second-order valence-electron chi connectivity index (χ2n) is 4.36. The van der Waals surface area contributed by atoms with Crippen molar-refractivity contribution in [3.63, 3.8) is 0 Å². The molecule has 8 heteroatoms. The van der Waals surface area contributed by atoms with Crippen LogP contribution in [0.2, 0.25) is 0 Å². The third-order valence-electron chi connectivity index (χ3n) is 2.69. The molecule has 0 fully saturated rings. The molecular formula is C13H12FNO4S2. The zero-order chi connectivity index (χ0) is 15.7. The first-order valence-corrected chi connectivity index (χ1v) is 8.70. The van der Waals surface area contributed by atoms with Gasteiger partial charge < -0.3 is 0 Å². The highest BCUT2D eigenvalue weighted by molar-refractivity contribution is 7.93. The lowest BCUT2D eigenvalue weighted by atomic mass is 10.2. The summed E-state index contributed by atoms with van der Waals surface area (Å²) in [6.45, 7) is 1.72. The highest BCUT2D eigenvalue weighted by Crippen LogP contribution is 2.25. The lowest BCUT2D eigenvalue weighted by Gasteiger charge is -2.10. The summed E-state index contributed by atoms with van der Waals surface area (Å²) in [4.78, 5) is -0.755. The predicted octanol–water partition coefficient (Wildman–Crippen LogP) is 2.45. The molecule has 0 amide bonds. The Balaban J connectivity index is 2.48. The molecule has 0 aliphatic carbocycles. The molecule has 0 bridgehead atoms. The number of benzene rings is 2. The first kappa shape index (κ1) is 15.5. The largest absolute Gasteiger partial charge is 0.334 e. The summed E-state index contributed by atoms with van der Waals surface area (Å²) in [7, 11) is -9.02. The minimum atomic E-state index is -5.02. The predicted molar refractivity (Wildman–Crippen MR) is 76.7 cm³/mol. The summed E-state index contributed by atoms with van der Waals surface area (Å²) in [5, 5.41) is 0. The van der Waals surface area contributed by atoms with Crippen LogP contribution in [0.3, 0.4) is 0 Å². The number of halogens is 1. The van der Waals surface area contributed by atoms with Crippen molar-refractivity contribution in [1.82, 2.24) is 0 Å². The van der Waals surface area contributed by atoms with E-state index in [1.807, 2.05) is 0 Å². The molecule has 0 saturated heterocycles. The van der Waals surface area contributed by atoms with Gasteiger partial charge in [0.1, 0.15) is 4.90 Å². The van der Waals surface area contributed by atoms with Gasteiger partial charge in [-0.1, -0.05) is 24.3 Å². The number of nitrogens with one attached hydrogen (secondary N) is 1. The molecule has 5 nitrogen and oxygen atoms in total. The minimum Gasteiger partial charge on any atom is -0.278 e. The number of anilines is 1. The van der Waals surface area contributed by atoms with Crippen LogP contribution in [0.5, 0.6) is 0 Å². The SMILES string of the molecule is Cc1cccc(S(=O)(=O)Nc2ccccc2S(=O)(=O)F)c1. The molecule has 0 aliphatic rings. The molecule has 0 aliphatic heterocycles. The number of aryl methyl sites for hydroxylation is 1. The minimum absolute atomic E-state index is 0.0337. The average molecular weight is 329 g/mol. The Bertz CT molecular complexity index is 877. The van der Waals surface area contributed by atoms with E-state index in [2.05, 4.69) is 4.72 Å². The normalized spacial score (nSPS) is 12.1. The number of hydrogen-bond acceptors (Lipinski definition) is 4. The van der Waals surface area contributed by atoms with Gasteiger partial charge in [-0.3, -0.25) is 4.72 Å². The first-order chi connectivity index (χ1) is 9.70. The monoisotopic (exact) mass is 329 g/mol. The van der Waals surface area contributed by atoms with Crippen molar-refractivity contribution in [2.24, 2.45) is 0 Å². The van der Waals surface area contributed by atoms with Crippen molar-refractivity contribution in [3.05, 3.63) is 54.1 Å². The van der Waals surface area contributed by atoms with E-state index in [9.17, 15) is 20.7 Å². The molecule has 2 aromatic carbocycles. The molecule has 2 rings (SSSR count). The van der Waals surface area contributed by atoms with Gasteiger partial charge in [0.05, 0.1) is 10.6 Å². The van der Waals surface area contributed by atoms with Gasteiger partial charge in [0, 0.05) is 0 Å². The van der Waals surface area contributed by atoms with Crippen molar-refractivity contribution in [1.29, 1.82) is 0 Å². The number of hydrogen-bond donors (Lipinski definition) is 1. The fourth-order valence-electron chi connectivity index (χ4n) is 1.75. The van der Waals surface area contributed by atoms with Crippen LogP contribution in [-0.2, 0) is 20.2 Å². The third-order valence-corrected chi connectivity index (χ3v) is 4.94. The van der Waals surface area contributed by atoms with Crippen molar-refractivity contribution in [2.45, 2.75) is 16.7 Å². The molecule has 0 spiro atoms. The van der Waals surface area contributed by atoms with Gasteiger partial charge >= 0.3 is 10.2 Å². The fraction of sp³-hybridized carbons (Fsp3) is 0.0769. The molecular weight excluding hydrogens is 317 g/mol. The van der Waals surface area contributed by atoms with Crippen molar-refractivity contribution < 1.29 is 20.7 Å². The zero-order valence-electron chi connectivity index (χ0n) is 10.9. The van der Waals surface area contributed by atoms with Gasteiger partial charge in [0.25, 0.3) is 10.0 Å². The molecule has 21 heavy (non-hydrogen) atoms. The van der Waals surface area contributed by atoms with Gasteiger partial charge in [-0.15, -0.1) is 3.89 Å². The molecule has 2 aromatic rings. The standard InChI is InChI=1S/C13H12FNO4S2/c1-10-5-4-6-11(9-10)21(18,19)15-12-7-2-3-8-13(12)20(14,16)17/h2-9,15H,1H3. The topological polar surface area (TPSA) is 80.3 Å². The molecule has 1 N–H and O–H groups in total. The Morgan fingerprint density at radius 3 is 2.24 bits per heavy atom. The zero-order valence-corrected chi connectivity index (χ0v) is 12.6. The van der Waals surface area contributed by atoms with Gasteiger partial charge in [-0.2, -0.15) is 8.42 Å². The summed E-state index contributed by atoms with van der Waals surface area (Å²) in [5.41, 5.74) is 0.394. The summed E-state index contributed by atoms with van der Waals surface area (Å²) < 4.78 is 61.7. The number of para-hydroxylation sites is 1. The van der Waals surface area contributed by atoms with Gasteiger partial charge in [0.2, 0.25) is 0 Å². The van der Waals surface area contributed by atoms with Crippen LogP contribution in [0, 0.1) is 6.92 Å². The Labute approximate surface area is 122 Å². The second kappa shape index (κ2) is 5.45. The number of sulfonamides is 1. The third kappa shape index (κ3) is 3.59. The summed E-state index contributed by atoms with van der Waals surface area (Å²) in [6.07, 6.45) is 0. The van der Waals surface area contributed by atoms with E-state index in [1.54, 1.807) is 19.1 Å². The Morgan fingerprint density at radius 1 is 0.952 bits per heavy atom. The van der Waals surface area contributed by atoms with Crippen LogP contribution in [0.4, 0.5) is 9.57 Å². The van der Waals surface area contributed by atoms with Crippen LogP contribution >= 0.6 is 0 Å². The fourth-order valence-corrected chi connectivity index (χ4v) is 3.62. The smallest absolute Gasteiger partial charge is 0.278 e. The molecule has 0 aromatic heterocycles. The van der Waals surface area contributed by atoms with Crippen molar-refractivity contribution >= 4 is 25.9 Å². The van der Waals surface area contributed by atoms with Gasteiger partial charge in [-0.05, 0) is 36.8 Å². The lowest BCUT2D eigenvalue weighted by Crippen LogP contribution is -2.14. The van der Waals surface area contributed by atoms with Crippen molar-refractivity contribution in [2.75, 3.05) is 4.72 Å². The van der Waals surface area contributed by atoms with E-state index in [-0.39, 0.29) is 10.6 Å². The first-order valence-electron chi connectivity index (χ1n) is 5.83. The summed E-state index contributed by atoms with van der Waals surface area (Å²) >= 11 is 0. The van der Waals surface area contributed by atoms with E-state index in [0.717, 1.165) is 11.6 Å². The van der Waals surface area contributed by atoms with E-state index >= 15 is 0 Å². The summed E-state index contributed by atoms with van der Waals surface area (Å²) in [5.74, 6) is 0. The van der Waals surface area contributed by atoms with Gasteiger partial charge in [-0.25, -0.2) is 8.42 Å². The van der Waals surface area contributed by atoms with Crippen LogP contribution in [0.25, 0.3) is 0 Å². The van der Waals surface area contributed by atoms with Crippen LogP contribution in [-0.4, -0.2) is 16.8 Å². The van der Waals surface area contributed by atoms with Crippen molar-refractivity contribution in [3.8, 4) is 0 Å². The molecule has 0 radical (unpaired) electrons. The average Bonchev–Trinajstić information content (AvgIpc) is 2.37. The molecule has 0 unspecified atom stereocenters. The van der Waals surface area contributed by atoms with E-state index in [0.29, 0.717) is 0 Å². The van der Waals surface area contributed by atoms with E-state index < -0.39 is 25.1 Å². The maximum atomic E-state index is 13.2. The highest BCUT2D eigenvalue weighted by Gasteiger charge is 2.21. The van der Waals surface area contributed by atoms with Gasteiger partial charge in [0.15, 0.2) is 0 Å². The molecule has 0 atom stereocenters. The van der Waals surface area contributed by atoms with Crippen LogP contribution in [0.15, 0.2) is 58.3 Å². The maximum absolute atomic E-state index is 13.2. The summed E-state index contributed by atoms with van der Waals surface area (Å²) in [6, 6.07) is 10.9. The van der Waals surface area contributed by atoms with Crippen LogP contribution < -0.4 is 4.72 Å². The van der Waals surface area contributed by atoms with Crippen LogP contribution in [0.1, 0.15) is 5.56 Å². The molecule has 0 heterocycles. The molecule has 0 saturated carbocycles. The Morgan fingerprint density at radius 2 is 1.62 bits per heavy atom. The second-order valence-corrected chi connectivity index (χ2v) is 7.35. The maximum Gasteiger partial charge on any atom is 0.334 e.